The Morgan fingerprint density at radius 2 is 1.92 bits per heavy atom. The molecule has 6 nitrogen and oxygen atoms in total. The highest BCUT2D eigenvalue weighted by atomic mass is 32.1. The molecule has 0 unspecified atom stereocenters. The Labute approximate surface area is 149 Å². The molecule has 1 N–H and O–H groups in total. The number of carbonyl (C=O) groups excluding carboxylic acids is 1. The number of benzene rings is 1. The summed E-state index contributed by atoms with van der Waals surface area (Å²) in [5, 5.41) is 4.64. The number of hydrogen-bond donors (Lipinski definition) is 1. The SMILES string of the molecule is CCN(CC)c1ccc(NC(=O)Cn2cnc3ccsc3c2=O)cc1. The van der Waals surface area contributed by atoms with E-state index in [2.05, 4.69) is 29.0 Å². The Bertz CT molecular complexity index is 926. The fraction of sp³-hybridized carbons (Fsp3) is 0.278. The number of anilines is 2. The number of fused-ring (bicyclic) bond motifs is 1. The van der Waals surface area contributed by atoms with Crippen molar-refractivity contribution in [2.45, 2.75) is 20.4 Å². The smallest absolute Gasteiger partial charge is 0.271 e. The van der Waals surface area contributed by atoms with E-state index in [1.165, 1.54) is 22.2 Å². The third-order valence-corrected chi connectivity index (χ3v) is 4.92. The average molecular weight is 356 g/mol. The molecule has 0 atom stereocenters. The molecule has 7 heteroatoms. The Kier molecular flexibility index (Phi) is 5.14. The molecular formula is C18H20N4O2S. The number of nitrogens with zero attached hydrogens (tertiary/aromatic N) is 3. The van der Waals surface area contributed by atoms with E-state index < -0.39 is 0 Å². The molecule has 1 aromatic carbocycles. The predicted octanol–water partition coefficient (Wildman–Crippen LogP) is 2.94. The molecule has 0 aliphatic heterocycles. The van der Waals surface area contributed by atoms with Gasteiger partial charge in [0.25, 0.3) is 5.56 Å². The summed E-state index contributed by atoms with van der Waals surface area (Å²) in [6.45, 7) is 6.02. The van der Waals surface area contributed by atoms with Crippen molar-refractivity contribution in [1.82, 2.24) is 9.55 Å². The van der Waals surface area contributed by atoms with Crippen LogP contribution in [-0.2, 0) is 11.3 Å². The predicted molar refractivity (Wildman–Crippen MR) is 103 cm³/mol. The fourth-order valence-electron chi connectivity index (χ4n) is 2.69. The zero-order valence-corrected chi connectivity index (χ0v) is 15.0. The van der Waals surface area contributed by atoms with E-state index in [1.807, 2.05) is 29.6 Å². The Hall–Kier alpha value is -2.67. The van der Waals surface area contributed by atoms with E-state index in [0.29, 0.717) is 15.9 Å². The molecule has 2 aromatic heterocycles. The minimum atomic E-state index is -0.254. The maximum atomic E-state index is 12.3. The Balaban J connectivity index is 1.69. The molecule has 0 fully saturated rings. The molecular weight excluding hydrogens is 336 g/mol. The van der Waals surface area contributed by atoms with Crippen LogP contribution < -0.4 is 15.8 Å². The number of aromatic nitrogens is 2. The molecule has 130 valence electrons. The lowest BCUT2D eigenvalue weighted by molar-refractivity contribution is -0.116. The average Bonchev–Trinajstić information content (AvgIpc) is 3.09. The van der Waals surface area contributed by atoms with Crippen molar-refractivity contribution >= 4 is 38.8 Å². The van der Waals surface area contributed by atoms with Gasteiger partial charge in [-0.15, -0.1) is 11.3 Å². The van der Waals surface area contributed by atoms with Crippen LogP contribution in [0.5, 0.6) is 0 Å². The summed E-state index contributed by atoms with van der Waals surface area (Å²) in [5.41, 5.74) is 2.30. The topological polar surface area (TPSA) is 67.2 Å². The molecule has 25 heavy (non-hydrogen) atoms. The molecule has 0 saturated carbocycles. The maximum Gasteiger partial charge on any atom is 0.271 e. The first kappa shape index (κ1) is 17.2. The van der Waals surface area contributed by atoms with Gasteiger partial charge in [-0.1, -0.05) is 0 Å². The van der Waals surface area contributed by atoms with Gasteiger partial charge in [-0.2, -0.15) is 0 Å². The Morgan fingerprint density at radius 1 is 1.20 bits per heavy atom. The van der Waals surface area contributed by atoms with E-state index in [-0.39, 0.29) is 18.0 Å². The molecule has 0 aliphatic carbocycles. The van der Waals surface area contributed by atoms with E-state index in [0.717, 1.165) is 18.8 Å². The first-order chi connectivity index (χ1) is 12.1. The molecule has 2 heterocycles. The Morgan fingerprint density at radius 3 is 2.60 bits per heavy atom. The van der Waals surface area contributed by atoms with Gasteiger partial charge in [0.15, 0.2) is 0 Å². The van der Waals surface area contributed by atoms with Crippen molar-refractivity contribution in [3.8, 4) is 0 Å². The maximum absolute atomic E-state index is 12.3. The van der Waals surface area contributed by atoms with Gasteiger partial charge in [-0.05, 0) is 49.6 Å². The third kappa shape index (κ3) is 3.71. The molecule has 1 amide bonds. The van der Waals surface area contributed by atoms with Gasteiger partial charge in [0.2, 0.25) is 5.91 Å². The normalized spacial score (nSPS) is 10.8. The molecule has 0 bridgehead atoms. The van der Waals surface area contributed by atoms with E-state index in [9.17, 15) is 9.59 Å². The summed E-state index contributed by atoms with van der Waals surface area (Å²) in [6, 6.07) is 9.50. The van der Waals surface area contributed by atoms with Gasteiger partial charge in [-0.3, -0.25) is 14.2 Å². The monoisotopic (exact) mass is 356 g/mol. The minimum absolute atomic E-state index is 0.0581. The number of thiophene rings is 1. The standard InChI is InChI=1S/C18H20N4O2S/c1-3-21(4-2)14-7-5-13(6-8-14)20-16(23)11-22-12-19-15-9-10-25-17(15)18(22)24/h5-10,12H,3-4,11H2,1-2H3,(H,20,23). The zero-order valence-electron chi connectivity index (χ0n) is 14.2. The highest BCUT2D eigenvalue weighted by Crippen LogP contribution is 2.18. The fourth-order valence-corrected chi connectivity index (χ4v) is 3.48. The van der Waals surface area contributed by atoms with Gasteiger partial charge in [0.05, 0.1) is 11.8 Å². The highest BCUT2D eigenvalue weighted by Gasteiger charge is 2.09. The van der Waals surface area contributed by atoms with Crippen molar-refractivity contribution in [2.24, 2.45) is 0 Å². The molecule has 0 saturated heterocycles. The van der Waals surface area contributed by atoms with Crippen molar-refractivity contribution in [1.29, 1.82) is 0 Å². The van der Waals surface area contributed by atoms with Crippen LogP contribution >= 0.6 is 11.3 Å². The second-order valence-corrected chi connectivity index (χ2v) is 6.50. The van der Waals surface area contributed by atoms with Crippen molar-refractivity contribution in [3.05, 3.63) is 52.4 Å². The van der Waals surface area contributed by atoms with E-state index in [1.54, 1.807) is 6.07 Å². The second-order valence-electron chi connectivity index (χ2n) is 5.58. The van der Waals surface area contributed by atoms with Gasteiger partial charge in [0, 0.05) is 24.5 Å². The molecule has 3 rings (SSSR count). The first-order valence-corrected chi connectivity index (χ1v) is 9.07. The van der Waals surface area contributed by atoms with Crippen LogP contribution in [0.15, 0.2) is 46.8 Å². The highest BCUT2D eigenvalue weighted by molar-refractivity contribution is 7.17. The van der Waals surface area contributed by atoms with Crippen LogP contribution in [0.1, 0.15) is 13.8 Å². The number of carbonyl (C=O) groups is 1. The lowest BCUT2D eigenvalue weighted by atomic mass is 10.2. The second kappa shape index (κ2) is 7.48. The van der Waals surface area contributed by atoms with Gasteiger partial charge >= 0.3 is 0 Å². The number of amides is 1. The summed E-state index contributed by atoms with van der Waals surface area (Å²) in [5.74, 6) is -0.254. The van der Waals surface area contributed by atoms with E-state index in [4.69, 9.17) is 0 Å². The van der Waals surface area contributed by atoms with Gasteiger partial charge in [0.1, 0.15) is 11.2 Å². The summed E-state index contributed by atoms with van der Waals surface area (Å²) >= 11 is 1.34. The molecule has 0 aliphatic rings. The number of rotatable bonds is 6. The van der Waals surface area contributed by atoms with Crippen LogP contribution in [-0.4, -0.2) is 28.5 Å². The lowest BCUT2D eigenvalue weighted by Gasteiger charge is -2.21. The van der Waals surface area contributed by atoms with Crippen LogP contribution in [0, 0.1) is 0 Å². The number of hydrogen-bond acceptors (Lipinski definition) is 5. The summed E-state index contributed by atoms with van der Waals surface area (Å²) in [6.07, 6.45) is 1.42. The van der Waals surface area contributed by atoms with E-state index >= 15 is 0 Å². The van der Waals surface area contributed by atoms with Crippen molar-refractivity contribution in [2.75, 3.05) is 23.3 Å². The minimum Gasteiger partial charge on any atom is -0.372 e. The summed E-state index contributed by atoms with van der Waals surface area (Å²) in [7, 11) is 0. The number of nitrogens with one attached hydrogen (secondary N) is 1. The largest absolute Gasteiger partial charge is 0.372 e. The van der Waals surface area contributed by atoms with Crippen molar-refractivity contribution < 1.29 is 4.79 Å². The summed E-state index contributed by atoms with van der Waals surface area (Å²) < 4.78 is 1.90. The summed E-state index contributed by atoms with van der Waals surface area (Å²) in [4.78, 5) is 31.0. The quantitative estimate of drug-likeness (QED) is 0.737. The zero-order chi connectivity index (χ0) is 17.8. The first-order valence-electron chi connectivity index (χ1n) is 8.20. The van der Waals surface area contributed by atoms with Crippen LogP contribution in [0.25, 0.3) is 10.2 Å². The van der Waals surface area contributed by atoms with Crippen molar-refractivity contribution in [3.63, 3.8) is 0 Å². The van der Waals surface area contributed by atoms with Gasteiger partial charge < -0.3 is 10.2 Å². The lowest BCUT2D eigenvalue weighted by Crippen LogP contribution is -2.27. The third-order valence-electron chi connectivity index (χ3n) is 4.03. The molecule has 0 spiro atoms. The van der Waals surface area contributed by atoms with Crippen LogP contribution in [0.2, 0.25) is 0 Å². The van der Waals surface area contributed by atoms with Gasteiger partial charge in [-0.25, -0.2) is 4.98 Å². The molecule has 0 radical (unpaired) electrons. The van der Waals surface area contributed by atoms with Crippen LogP contribution in [0.3, 0.4) is 0 Å². The van der Waals surface area contributed by atoms with Crippen LogP contribution in [0.4, 0.5) is 11.4 Å². The molecule has 3 aromatic rings.